The summed E-state index contributed by atoms with van der Waals surface area (Å²) in [5, 5.41) is 2.05. The number of allylic oxidation sites excluding steroid dienone is 1. The second kappa shape index (κ2) is 4.78. The standard InChI is InChI=1S/C19H16ClN/c1-12-7-9-15(13-5-3-2-4-6-13)19-18(12)16-11-14(20)8-10-17(16)21-19/h2-6,8-12,21H,7H2,1H3. The number of hydrogen-bond acceptors (Lipinski definition) is 0. The van der Waals surface area contributed by atoms with Crippen molar-refractivity contribution in [3.63, 3.8) is 0 Å². The van der Waals surface area contributed by atoms with E-state index in [1.165, 1.54) is 33.3 Å². The van der Waals surface area contributed by atoms with Crippen LogP contribution in [0.4, 0.5) is 0 Å². The lowest BCUT2D eigenvalue weighted by atomic mass is 9.84. The Labute approximate surface area is 129 Å². The molecule has 0 saturated heterocycles. The summed E-state index contributed by atoms with van der Waals surface area (Å²) in [4.78, 5) is 3.60. The quantitative estimate of drug-likeness (QED) is 0.587. The van der Waals surface area contributed by atoms with Crippen molar-refractivity contribution in [3.8, 4) is 0 Å². The van der Waals surface area contributed by atoms with E-state index in [9.17, 15) is 0 Å². The van der Waals surface area contributed by atoms with Crippen LogP contribution >= 0.6 is 11.6 Å². The molecule has 0 saturated carbocycles. The Morgan fingerprint density at radius 3 is 2.71 bits per heavy atom. The van der Waals surface area contributed by atoms with Crippen molar-refractivity contribution >= 4 is 28.1 Å². The van der Waals surface area contributed by atoms with E-state index in [0.29, 0.717) is 5.92 Å². The van der Waals surface area contributed by atoms with E-state index in [2.05, 4.69) is 60.4 Å². The zero-order valence-electron chi connectivity index (χ0n) is 11.9. The van der Waals surface area contributed by atoms with Crippen LogP contribution in [0.1, 0.15) is 36.1 Å². The summed E-state index contributed by atoms with van der Waals surface area (Å²) in [6.07, 6.45) is 3.41. The fraction of sp³-hybridized carbons (Fsp3) is 0.158. The first kappa shape index (κ1) is 12.7. The van der Waals surface area contributed by atoms with Gasteiger partial charge in [-0.25, -0.2) is 0 Å². The molecule has 0 aliphatic heterocycles. The van der Waals surface area contributed by atoms with E-state index in [1.807, 2.05) is 6.07 Å². The predicted molar refractivity (Wildman–Crippen MR) is 89.9 cm³/mol. The normalized spacial score (nSPS) is 17.6. The fourth-order valence-corrected chi connectivity index (χ4v) is 3.48. The van der Waals surface area contributed by atoms with Gasteiger partial charge in [-0.3, -0.25) is 0 Å². The zero-order valence-corrected chi connectivity index (χ0v) is 12.6. The molecule has 0 fully saturated rings. The number of aromatic amines is 1. The lowest BCUT2D eigenvalue weighted by Crippen LogP contribution is -2.03. The van der Waals surface area contributed by atoms with Gasteiger partial charge in [0.25, 0.3) is 0 Å². The molecule has 0 amide bonds. The molecule has 1 aliphatic rings. The average Bonchev–Trinajstić information content (AvgIpc) is 2.88. The largest absolute Gasteiger partial charge is 0.354 e. The minimum absolute atomic E-state index is 0.514. The van der Waals surface area contributed by atoms with Gasteiger partial charge < -0.3 is 4.98 Å². The molecule has 1 aromatic heterocycles. The van der Waals surface area contributed by atoms with Crippen LogP contribution in [0.25, 0.3) is 16.5 Å². The van der Waals surface area contributed by atoms with Crippen LogP contribution < -0.4 is 0 Å². The number of hydrogen-bond donors (Lipinski definition) is 1. The van der Waals surface area contributed by atoms with Crippen LogP contribution in [0, 0.1) is 0 Å². The highest BCUT2D eigenvalue weighted by Gasteiger charge is 2.24. The summed E-state index contributed by atoms with van der Waals surface area (Å²) < 4.78 is 0. The number of H-pyrrole nitrogens is 1. The number of nitrogens with one attached hydrogen (secondary N) is 1. The van der Waals surface area contributed by atoms with E-state index in [1.54, 1.807) is 0 Å². The third-order valence-electron chi connectivity index (χ3n) is 4.32. The second-order valence-electron chi connectivity index (χ2n) is 5.72. The SMILES string of the molecule is CC1CC=C(c2ccccc2)c2[nH]c3ccc(Cl)cc3c21. The van der Waals surface area contributed by atoms with Gasteiger partial charge in [0.05, 0.1) is 5.69 Å². The molecule has 0 spiro atoms. The highest BCUT2D eigenvalue weighted by atomic mass is 35.5. The van der Waals surface area contributed by atoms with Gasteiger partial charge in [-0.1, -0.05) is 54.9 Å². The van der Waals surface area contributed by atoms with Gasteiger partial charge in [-0.05, 0) is 41.7 Å². The lowest BCUT2D eigenvalue weighted by Gasteiger charge is -2.20. The number of halogens is 1. The maximum atomic E-state index is 6.19. The Morgan fingerprint density at radius 1 is 1.10 bits per heavy atom. The predicted octanol–water partition coefficient (Wildman–Crippen LogP) is 5.76. The fourth-order valence-electron chi connectivity index (χ4n) is 3.30. The minimum Gasteiger partial charge on any atom is -0.354 e. The number of aromatic nitrogens is 1. The maximum absolute atomic E-state index is 6.19. The topological polar surface area (TPSA) is 15.8 Å². The van der Waals surface area contributed by atoms with Crippen LogP contribution in [0.3, 0.4) is 0 Å². The van der Waals surface area contributed by atoms with Crippen LogP contribution in [-0.4, -0.2) is 4.98 Å². The van der Waals surface area contributed by atoms with Crippen molar-refractivity contribution in [3.05, 3.63) is 76.5 Å². The molecule has 1 aliphatic carbocycles. The number of fused-ring (bicyclic) bond motifs is 3. The van der Waals surface area contributed by atoms with Gasteiger partial charge in [0.2, 0.25) is 0 Å². The smallest absolute Gasteiger partial charge is 0.0503 e. The molecule has 1 atom stereocenters. The molecule has 21 heavy (non-hydrogen) atoms. The average molecular weight is 294 g/mol. The van der Waals surface area contributed by atoms with Crippen molar-refractivity contribution in [2.75, 3.05) is 0 Å². The van der Waals surface area contributed by atoms with Gasteiger partial charge in [0, 0.05) is 21.5 Å². The Kier molecular flexibility index (Phi) is 2.90. The lowest BCUT2D eigenvalue weighted by molar-refractivity contribution is 0.774. The molecule has 0 radical (unpaired) electrons. The first-order valence-electron chi connectivity index (χ1n) is 7.31. The summed E-state index contributed by atoms with van der Waals surface area (Å²) in [5.41, 5.74) is 6.38. The molecule has 1 heterocycles. The molecule has 1 unspecified atom stereocenters. The molecule has 4 rings (SSSR count). The second-order valence-corrected chi connectivity index (χ2v) is 6.16. The summed E-state index contributed by atoms with van der Waals surface area (Å²) in [7, 11) is 0. The van der Waals surface area contributed by atoms with E-state index < -0.39 is 0 Å². The molecular formula is C19H16ClN. The van der Waals surface area contributed by atoms with Crippen molar-refractivity contribution in [2.24, 2.45) is 0 Å². The third-order valence-corrected chi connectivity index (χ3v) is 4.56. The monoisotopic (exact) mass is 293 g/mol. The van der Waals surface area contributed by atoms with Crippen molar-refractivity contribution < 1.29 is 0 Å². The summed E-state index contributed by atoms with van der Waals surface area (Å²) in [6, 6.07) is 16.7. The van der Waals surface area contributed by atoms with Gasteiger partial charge in [-0.15, -0.1) is 0 Å². The minimum atomic E-state index is 0.514. The van der Waals surface area contributed by atoms with Crippen molar-refractivity contribution in [2.45, 2.75) is 19.3 Å². The molecule has 1 nitrogen and oxygen atoms in total. The van der Waals surface area contributed by atoms with E-state index >= 15 is 0 Å². The molecule has 0 bridgehead atoms. The van der Waals surface area contributed by atoms with E-state index in [-0.39, 0.29) is 0 Å². The van der Waals surface area contributed by atoms with E-state index in [0.717, 1.165) is 11.4 Å². The molecule has 104 valence electrons. The van der Waals surface area contributed by atoms with Crippen molar-refractivity contribution in [1.82, 2.24) is 4.98 Å². The zero-order chi connectivity index (χ0) is 14.4. The highest BCUT2D eigenvalue weighted by Crippen LogP contribution is 2.41. The summed E-state index contributed by atoms with van der Waals surface area (Å²) in [5.74, 6) is 0.514. The summed E-state index contributed by atoms with van der Waals surface area (Å²) in [6.45, 7) is 2.28. The Morgan fingerprint density at radius 2 is 1.90 bits per heavy atom. The van der Waals surface area contributed by atoms with Gasteiger partial charge >= 0.3 is 0 Å². The number of rotatable bonds is 1. The van der Waals surface area contributed by atoms with Crippen LogP contribution in [0.2, 0.25) is 5.02 Å². The molecular weight excluding hydrogens is 278 g/mol. The molecule has 2 heteroatoms. The third kappa shape index (κ3) is 2.00. The van der Waals surface area contributed by atoms with E-state index in [4.69, 9.17) is 11.6 Å². The van der Waals surface area contributed by atoms with Crippen molar-refractivity contribution in [1.29, 1.82) is 0 Å². The first-order valence-corrected chi connectivity index (χ1v) is 7.69. The molecule has 2 aromatic carbocycles. The number of benzene rings is 2. The molecule has 3 aromatic rings. The van der Waals surface area contributed by atoms with Crippen LogP contribution in [0.15, 0.2) is 54.6 Å². The Balaban J connectivity index is 1.99. The first-order chi connectivity index (χ1) is 10.2. The maximum Gasteiger partial charge on any atom is 0.0503 e. The van der Waals surface area contributed by atoms with Gasteiger partial charge in [-0.2, -0.15) is 0 Å². The molecule has 1 N–H and O–H groups in total. The summed E-state index contributed by atoms with van der Waals surface area (Å²) >= 11 is 6.19. The van der Waals surface area contributed by atoms with Gasteiger partial charge in [0.15, 0.2) is 0 Å². The Bertz CT molecular complexity index is 843. The van der Waals surface area contributed by atoms with Crippen LogP contribution in [0.5, 0.6) is 0 Å². The Hall–Kier alpha value is -1.99. The van der Waals surface area contributed by atoms with Gasteiger partial charge in [0.1, 0.15) is 0 Å². The highest BCUT2D eigenvalue weighted by molar-refractivity contribution is 6.31. The van der Waals surface area contributed by atoms with Crippen LogP contribution in [-0.2, 0) is 0 Å².